The van der Waals surface area contributed by atoms with Gasteiger partial charge in [-0.15, -0.1) is 0 Å². The lowest BCUT2D eigenvalue weighted by atomic mass is 10.0. The Kier molecular flexibility index (Phi) is 3.74. The maximum absolute atomic E-state index is 11.4. The van der Waals surface area contributed by atoms with Crippen molar-refractivity contribution in [1.82, 2.24) is 4.98 Å². The van der Waals surface area contributed by atoms with Crippen LogP contribution in [-0.4, -0.2) is 16.1 Å². The van der Waals surface area contributed by atoms with Gasteiger partial charge in [-0.2, -0.15) is 0 Å². The predicted octanol–water partition coefficient (Wildman–Crippen LogP) is 4.60. The van der Waals surface area contributed by atoms with Crippen molar-refractivity contribution in [1.29, 1.82) is 0 Å². The molecule has 23 heavy (non-hydrogen) atoms. The van der Waals surface area contributed by atoms with Crippen LogP contribution in [-0.2, 0) is 0 Å². The molecule has 4 heteroatoms. The SMILES string of the molecule is Cc1cc(C)c2c(Nc3ccccc3C(=O)O)cc(C)nc2c1. The second kappa shape index (κ2) is 5.72. The Bertz CT molecular complexity index is 911. The Labute approximate surface area is 134 Å². The van der Waals surface area contributed by atoms with Gasteiger partial charge in [0.25, 0.3) is 0 Å². The molecule has 0 aliphatic heterocycles. The fraction of sp³-hybridized carbons (Fsp3) is 0.158. The number of carboxylic acid groups (broad SMARTS) is 1. The lowest BCUT2D eigenvalue weighted by molar-refractivity contribution is 0.0698. The van der Waals surface area contributed by atoms with Gasteiger partial charge in [-0.1, -0.05) is 18.2 Å². The number of hydrogen-bond donors (Lipinski definition) is 2. The summed E-state index contributed by atoms with van der Waals surface area (Å²) in [5.41, 5.74) is 5.77. The van der Waals surface area contributed by atoms with E-state index in [-0.39, 0.29) is 5.56 Å². The number of aromatic nitrogens is 1. The van der Waals surface area contributed by atoms with Gasteiger partial charge >= 0.3 is 5.97 Å². The molecule has 2 aromatic carbocycles. The molecule has 0 saturated carbocycles. The molecule has 1 aromatic heterocycles. The number of nitrogens with zero attached hydrogens (tertiary/aromatic N) is 1. The number of para-hydroxylation sites is 1. The van der Waals surface area contributed by atoms with E-state index in [4.69, 9.17) is 0 Å². The first kappa shape index (κ1) is 15.0. The van der Waals surface area contributed by atoms with Crippen LogP contribution in [0.25, 0.3) is 10.9 Å². The van der Waals surface area contributed by atoms with Crippen molar-refractivity contribution in [3.8, 4) is 0 Å². The highest BCUT2D eigenvalue weighted by atomic mass is 16.4. The van der Waals surface area contributed by atoms with Crippen LogP contribution in [0.2, 0.25) is 0 Å². The molecule has 0 saturated heterocycles. The summed E-state index contributed by atoms with van der Waals surface area (Å²) in [5, 5.41) is 13.6. The molecule has 3 rings (SSSR count). The van der Waals surface area contributed by atoms with E-state index in [1.165, 1.54) is 0 Å². The highest BCUT2D eigenvalue weighted by molar-refractivity contribution is 6.00. The average Bonchev–Trinajstić information content (AvgIpc) is 2.46. The van der Waals surface area contributed by atoms with E-state index in [2.05, 4.69) is 16.4 Å². The summed E-state index contributed by atoms with van der Waals surface area (Å²) in [4.78, 5) is 16.0. The number of carboxylic acids is 1. The quantitative estimate of drug-likeness (QED) is 0.742. The van der Waals surface area contributed by atoms with E-state index in [0.29, 0.717) is 5.69 Å². The van der Waals surface area contributed by atoms with Gasteiger partial charge in [0, 0.05) is 11.1 Å². The summed E-state index contributed by atoms with van der Waals surface area (Å²) in [6, 6.07) is 13.0. The number of benzene rings is 2. The third kappa shape index (κ3) is 2.88. The molecule has 1 heterocycles. The number of pyridine rings is 1. The number of aryl methyl sites for hydroxylation is 3. The Morgan fingerprint density at radius 1 is 1.04 bits per heavy atom. The zero-order valence-corrected chi connectivity index (χ0v) is 13.3. The van der Waals surface area contributed by atoms with Gasteiger partial charge < -0.3 is 10.4 Å². The number of aromatic carboxylic acids is 1. The topological polar surface area (TPSA) is 62.2 Å². The lowest BCUT2D eigenvalue weighted by Crippen LogP contribution is -2.03. The minimum absolute atomic E-state index is 0.250. The lowest BCUT2D eigenvalue weighted by Gasteiger charge is -2.15. The molecule has 3 aromatic rings. The minimum atomic E-state index is -0.948. The molecule has 0 bridgehead atoms. The number of carbonyl (C=O) groups is 1. The molecule has 0 aliphatic carbocycles. The second-order valence-electron chi connectivity index (χ2n) is 5.76. The number of hydrogen-bond acceptors (Lipinski definition) is 3. The molecule has 116 valence electrons. The van der Waals surface area contributed by atoms with Crippen LogP contribution in [0.1, 0.15) is 27.2 Å². The van der Waals surface area contributed by atoms with E-state index in [0.717, 1.165) is 33.4 Å². The fourth-order valence-electron chi connectivity index (χ4n) is 2.91. The molecular weight excluding hydrogens is 288 g/mol. The van der Waals surface area contributed by atoms with Gasteiger partial charge in [0.15, 0.2) is 0 Å². The zero-order chi connectivity index (χ0) is 16.6. The molecule has 0 spiro atoms. The van der Waals surface area contributed by atoms with E-state index in [1.54, 1.807) is 18.2 Å². The van der Waals surface area contributed by atoms with Crippen LogP contribution >= 0.6 is 0 Å². The van der Waals surface area contributed by atoms with E-state index in [1.807, 2.05) is 39.0 Å². The summed E-state index contributed by atoms with van der Waals surface area (Å²) < 4.78 is 0. The Morgan fingerprint density at radius 2 is 1.78 bits per heavy atom. The molecule has 0 aliphatic rings. The molecule has 0 amide bonds. The van der Waals surface area contributed by atoms with Crippen LogP contribution in [0.4, 0.5) is 11.4 Å². The van der Waals surface area contributed by atoms with E-state index >= 15 is 0 Å². The van der Waals surface area contributed by atoms with Crippen LogP contribution in [0.15, 0.2) is 42.5 Å². The average molecular weight is 306 g/mol. The second-order valence-corrected chi connectivity index (χ2v) is 5.76. The van der Waals surface area contributed by atoms with Crippen molar-refractivity contribution in [2.45, 2.75) is 20.8 Å². The highest BCUT2D eigenvalue weighted by Crippen LogP contribution is 2.31. The van der Waals surface area contributed by atoms with Crippen molar-refractivity contribution in [2.75, 3.05) is 5.32 Å². The number of nitrogens with one attached hydrogen (secondary N) is 1. The number of fused-ring (bicyclic) bond motifs is 1. The van der Waals surface area contributed by atoms with Crippen LogP contribution in [0.3, 0.4) is 0 Å². The summed E-state index contributed by atoms with van der Waals surface area (Å²) in [6.07, 6.45) is 0. The predicted molar refractivity (Wildman–Crippen MR) is 92.6 cm³/mol. The zero-order valence-electron chi connectivity index (χ0n) is 13.3. The van der Waals surface area contributed by atoms with Gasteiger partial charge in [-0.3, -0.25) is 4.98 Å². The first-order valence-electron chi connectivity index (χ1n) is 7.43. The minimum Gasteiger partial charge on any atom is -0.478 e. The molecule has 2 N–H and O–H groups in total. The highest BCUT2D eigenvalue weighted by Gasteiger charge is 2.12. The largest absolute Gasteiger partial charge is 0.478 e. The van der Waals surface area contributed by atoms with Gasteiger partial charge in [-0.05, 0) is 56.2 Å². The molecular formula is C19H18N2O2. The standard InChI is InChI=1S/C19H18N2O2/c1-11-8-12(2)18-16(9-11)20-13(3)10-17(18)21-15-7-5-4-6-14(15)19(22)23/h4-10H,1-3H3,(H,20,21)(H,22,23). The number of anilines is 2. The smallest absolute Gasteiger partial charge is 0.337 e. The van der Waals surface area contributed by atoms with Crippen LogP contribution in [0, 0.1) is 20.8 Å². The van der Waals surface area contributed by atoms with Crippen molar-refractivity contribution in [3.63, 3.8) is 0 Å². The summed E-state index contributed by atoms with van der Waals surface area (Å²) in [7, 11) is 0. The first-order chi connectivity index (χ1) is 11.0. The van der Waals surface area contributed by atoms with Gasteiger partial charge in [0.1, 0.15) is 0 Å². The van der Waals surface area contributed by atoms with Crippen LogP contribution in [0.5, 0.6) is 0 Å². The van der Waals surface area contributed by atoms with Crippen molar-refractivity contribution < 1.29 is 9.90 Å². The van der Waals surface area contributed by atoms with Gasteiger partial charge in [-0.25, -0.2) is 4.79 Å². The van der Waals surface area contributed by atoms with Crippen molar-refractivity contribution in [3.05, 3.63) is 64.8 Å². The number of rotatable bonds is 3. The molecule has 0 atom stereocenters. The molecule has 0 radical (unpaired) electrons. The normalized spacial score (nSPS) is 10.7. The Hall–Kier alpha value is -2.88. The molecule has 0 unspecified atom stereocenters. The van der Waals surface area contributed by atoms with Crippen molar-refractivity contribution in [2.24, 2.45) is 0 Å². The maximum atomic E-state index is 11.4. The summed E-state index contributed by atoms with van der Waals surface area (Å²) >= 11 is 0. The van der Waals surface area contributed by atoms with E-state index < -0.39 is 5.97 Å². The molecule has 0 fully saturated rings. The van der Waals surface area contributed by atoms with E-state index in [9.17, 15) is 9.90 Å². The fourth-order valence-corrected chi connectivity index (χ4v) is 2.91. The summed E-state index contributed by atoms with van der Waals surface area (Å²) in [5.74, 6) is -0.948. The molecule has 4 nitrogen and oxygen atoms in total. The third-order valence-electron chi connectivity index (χ3n) is 3.81. The van der Waals surface area contributed by atoms with Gasteiger partial charge in [0.2, 0.25) is 0 Å². The first-order valence-corrected chi connectivity index (χ1v) is 7.43. The Balaban J connectivity index is 2.20. The van der Waals surface area contributed by atoms with Crippen molar-refractivity contribution >= 4 is 28.2 Å². The third-order valence-corrected chi connectivity index (χ3v) is 3.81. The van der Waals surface area contributed by atoms with Gasteiger partial charge in [0.05, 0.1) is 22.5 Å². The van der Waals surface area contributed by atoms with Crippen LogP contribution < -0.4 is 5.32 Å². The monoisotopic (exact) mass is 306 g/mol. The maximum Gasteiger partial charge on any atom is 0.337 e. The Morgan fingerprint density at radius 3 is 2.52 bits per heavy atom. The summed E-state index contributed by atoms with van der Waals surface area (Å²) in [6.45, 7) is 6.02.